The number of pyridine rings is 2. The van der Waals surface area contributed by atoms with Crippen molar-refractivity contribution in [3.63, 3.8) is 0 Å². The third-order valence-corrected chi connectivity index (χ3v) is 6.34. The van der Waals surface area contributed by atoms with E-state index >= 15 is 0 Å². The molecule has 5 nitrogen and oxygen atoms in total. The van der Waals surface area contributed by atoms with Crippen LogP contribution in [0.5, 0.6) is 0 Å². The van der Waals surface area contributed by atoms with Crippen LogP contribution in [0, 0.1) is 0 Å². The van der Waals surface area contributed by atoms with Crippen molar-refractivity contribution in [2.24, 2.45) is 0 Å². The molecule has 0 N–H and O–H groups in total. The van der Waals surface area contributed by atoms with Gasteiger partial charge >= 0.3 is 0 Å². The predicted octanol–water partition coefficient (Wildman–Crippen LogP) is 5.91. The Morgan fingerprint density at radius 3 is 2.50 bits per heavy atom. The lowest BCUT2D eigenvalue weighted by atomic mass is 10.0. The highest BCUT2D eigenvalue weighted by Crippen LogP contribution is 2.33. The first-order valence-corrected chi connectivity index (χ1v) is 11.7. The van der Waals surface area contributed by atoms with E-state index in [2.05, 4.69) is 63.1 Å². The molecule has 0 saturated heterocycles. The number of hydrogen-bond acceptors (Lipinski definition) is 5. The van der Waals surface area contributed by atoms with Crippen LogP contribution in [-0.4, -0.2) is 30.5 Å². The first-order chi connectivity index (χ1) is 15.8. The SMILES string of the molecule is CCn1c(SCCc2ccccn2)nnc1-c1cc(-c2ccccc2)nc2ccccc12. The van der Waals surface area contributed by atoms with E-state index < -0.39 is 0 Å². The summed E-state index contributed by atoms with van der Waals surface area (Å²) in [6, 6.07) is 26.7. The highest BCUT2D eigenvalue weighted by molar-refractivity contribution is 7.99. The van der Waals surface area contributed by atoms with E-state index in [1.165, 1.54) is 0 Å². The highest BCUT2D eigenvalue weighted by Gasteiger charge is 2.17. The second-order valence-electron chi connectivity index (χ2n) is 7.41. The maximum Gasteiger partial charge on any atom is 0.191 e. The van der Waals surface area contributed by atoms with Gasteiger partial charge in [-0.15, -0.1) is 10.2 Å². The first kappa shape index (κ1) is 20.4. The van der Waals surface area contributed by atoms with Gasteiger partial charge in [0, 0.05) is 40.7 Å². The number of fused-ring (bicyclic) bond motifs is 1. The van der Waals surface area contributed by atoms with Crippen LogP contribution >= 0.6 is 11.8 Å². The number of hydrogen-bond donors (Lipinski definition) is 0. The van der Waals surface area contributed by atoms with Gasteiger partial charge in [-0.25, -0.2) is 4.98 Å². The van der Waals surface area contributed by atoms with Crippen LogP contribution in [0.15, 0.2) is 90.2 Å². The van der Waals surface area contributed by atoms with Crippen molar-refractivity contribution < 1.29 is 0 Å². The average Bonchev–Trinajstić information content (AvgIpc) is 3.27. The van der Waals surface area contributed by atoms with Crippen LogP contribution in [0.25, 0.3) is 33.5 Å². The molecule has 5 aromatic rings. The Balaban J connectivity index is 1.52. The summed E-state index contributed by atoms with van der Waals surface area (Å²) in [5.74, 6) is 1.78. The lowest BCUT2D eigenvalue weighted by Crippen LogP contribution is -2.02. The Hall–Kier alpha value is -3.51. The average molecular weight is 438 g/mol. The molecule has 0 unspecified atom stereocenters. The standard InChI is InChI=1S/C26H23N5S/c1-2-31-25(29-30-26(31)32-17-15-20-12-8-9-16-27-20)22-18-24(19-10-4-3-5-11-19)28-23-14-7-6-13-21(22)23/h3-14,16,18H,2,15,17H2,1H3. The molecule has 0 aliphatic rings. The second kappa shape index (κ2) is 9.32. The Labute approximate surface area is 191 Å². The molecule has 0 atom stereocenters. The minimum Gasteiger partial charge on any atom is -0.302 e. The zero-order valence-electron chi connectivity index (χ0n) is 17.8. The molecule has 0 saturated carbocycles. The van der Waals surface area contributed by atoms with Crippen LogP contribution < -0.4 is 0 Å². The van der Waals surface area contributed by atoms with Crippen LogP contribution in [0.1, 0.15) is 12.6 Å². The number of para-hydroxylation sites is 1. The first-order valence-electron chi connectivity index (χ1n) is 10.7. The van der Waals surface area contributed by atoms with E-state index in [1.807, 2.05) is 48.7 Å². The van der Waals surface area contributed by atoms with Crippen molar-refractivity contribution in [2.45, 2.75) is 25.0 Å². The molecule has 6 heteroatoms. The molecule has 0 amide bonds. The van der Waals surface area contributed by atoms with Gasteiger partial charge in [-0.2, -0.15) is 0 Å². The van der Waals surface area contributed by atoms with E-state index in [9.17, 15) is 0 Å². The molecule has 0 aliphatic carbocycles. The summed E-state index contributed by atoms with van der Waals surface area (Å²) >= 11 is 1.72. The van der Waals surface area contributed by atoms with Gasteiger partial charge < -0.3 is 4.57 Å². The van der Waals surface area contributed by atoms with Crippen LogP contribution in [0.3, 0.4) is 0 Å². The van der Waals surface area contributed by atoms with Crippen molar-refractivity contribution in [1.29, 1.82) is 0 Å². The normalized spacial score (nSPS) is 11.2. The lowest BCUT2D eigenvalue weighted by Gasteiger charge is -2.11. The molecule has 0 fully saturated rings. The monoisotopic (exact) mass is 437 g/mol. The Morgan fingerprint density at radius 2 is 1.69 bits per heavy atom. The molecule has 0 bridgehead atoms. The highest BCUT2D eigenvalue weighted by atomic mass is 32.2. The fourth-order valence-electron chi connectivity index (χ4n) is 3.79. The third-order valence-electron chi connectivity index (χ3n) is 5.38. The van der Waals surface area contributed by atoms with Gasteiger partial charge in [0.05, 0.1) is 11.2 Å². The Bertz CT molecular complexity index is 1330. The number of nitrogens with zero attached hydrogens (tertiary/aromatic N) is 5. The zero-order chi connectivity index (χ0) is 21.8. The Morgan fingerprint density at radius 1 is 0.875 bits per heavy atom. The topological polar surface area (TPSA) is 56.5 Å². The number of aryl methyl sites for hydroxylation is 1. The van der Waals surface area contributed by atoms with E-state index in [0.29, 0.717) is 0 Å². The number of thioether (sulfide) groups is 1. The molecule has 0 radical (unpaired) electrons. The molecule has 3 heterocycles. The van der Waals surface area contributed by atoms with Gasteiger partial charge in [0.2, 0.25) is 0 Å². The smallest absolute Gasteiger partial charge is 0.191 e. The van der Waals surface area contributed by atoms with Gasteiger partial charge in [-0.1, -0.05) is 66.4 Å². The van der Waals surface area contributed by atoms with Crippen LogP contribution in [0.2, 0.25) is 0 Å². The Kier molecular flexibility index (Phi) is 5.94. The number of rotatable bonds is 7. The molecular formula is C26H23N5S. The van der Waals surface area contributed by atoms with E-state index in [1.54, 1.807) is 11.8 Å². The minimum absolute atomic E-state index is 0.797. The molecule has 32 heavy (non-hydrogen) atoms. The summed E-state index contributed by atoms with van der Waals surface area (Å²) < 4.78 is 2.19. The third kappa shape index (κ3) is 4.14. The molecule has 3 aromatic heterocycles. The summed E-state index contributed by atoms with van der Waals surface area (Å²) in [6.07, 6.45) is 2.74. The largest absolute Gasteiger partial charge is 0.302 e. The molecule has 2 aromatic carbocycles. The fraction of sp³-hybridized carbons (Fsp3) is 0.154. The molecule has 158 valence electrons. The van der Waals surface area contributed by atoms with Crippen LogP contribution in [-0.2, 0) is 13.0 Å². The molecular weight excluding hydrogens is 414 g/mol. The maximum atomic E-state index is 4.91. The van der Waals surface area contributed by atoms with Crippen molar-refractivity contribution >= 4 is 22.7 Å². The van der Waals surface area contributed by atoms with Crippen molar-refractivity contribution in [3.05, 3.63) is 90.8 Å². The quantitative estimate of drug-likeness (QED) is 0.296. The zero-order valence-corrected chi connectivity index (χ0v) is 18.7. The maximum absolute atomic E-state index is 4.91. The van der Waals surface area contributed by atoms with Gasteiger partial charge in [-0.05, 0) is 37.6 Å². The van der Waals surface area contributed by atoms with E-state index in [4.69, 9.17) is 4.98 Å². The van der Waals surface area contributed by atoms with Crippen molar-refractivity contribution in [3.8, 4) is 22.6 Å². The van der Waals surface area contributed by atoms with Gasteiger partial charge in [0.15, 0.2) is 11.0 Å². The van der Waals surface area contributed by atoms with E-state index in [0.717, 1.165) is 63.1 Å². The van der Waals surface area contributed by atoms with Gasteiger partial charge in [0.25, 0.3) is 0 Å². The molecule has 0 spiro atoms. The molecule has 5 rings (SSSR count). The number of aromatic nitrogens is 5. The summed E-state index contributed by atoms with van der Waals surface area (Å²) in [6.45, 7) is 2.93. The number of benzene rings is 2. The van der Waals surface area contributed by atoms with E-state index in [-0.39, 0.29) is 0 Å². The van der Waals surface area contributed by atoms with Crippen LogP contribution in [0.4, 0.5) is 0 Å². The summed E-state index contributed by atoms with van der Waals surface area (Å²) in [5, 5.41) is 11.2. The summed E-state index contributed by atoms with van der Waals surface area (Å²) in [4.78, 5) is 9.32. The lowest BCUT2D eigenvalue weighted by molar-refractivity contribution is 0.687. The summed E-state index contributed by atoms with van der Waals surface area (Å²) in [5.41, 5.74) is 5.14. The fourth-order valence-corrected chi connectivity index (χ4v) is 4.75. The van der Waals surface area contributed by atoms with Gasteiger partial charge in [0.1, 0.15) is 0 Å². The van der Waals surface area contributed by atoms with Crippen molar-refractivity contribution in [1.82, 2.24) is 24.7 Å². The van der Waals surface area contributed by atoms with Crippen molar-refractivity contribution in [2.75, 3.05) is 5.75 Å². The second-order valence-corrected chi connectivity index (χ2v) is 8.47. The van der Waals surface area contributed by atoms with Gasteiger partial charge in [-0.3, -0.25) is 4.98 Å². The minimum atomic E-state index is 0.797. The summed E-state index contributed by atoms with van der Waals surface area (Å²) in [7, 11) is 0. The molecule has 0 aliphatic heterocycles. The predicted molar refractivity (Wildman–Crippen MR) is 131 cm³/mol.